The number of nitrogens with one attached hydrogen (secondary N) is 2. The van der Waals surface area contributed by atoms with Crippen LogP contribution in [0.5, 0.6) is 5.75 Å². The van der Waals surface area contributed by atoms with Crippen molar-refractivity contribution in [3.05, 3.63) is 75.9 Å². The third kappa shape index (κ3) is 4.63. The molecule has 3 aliphatic carbocycles. The average molecular weight is 550 g/mol. The first-order chi connectivity index (χ1) is 18.7. The van der Waals surface area contributed by atoms with Gasteiger partial charge in [0, 0.05) is 29.9 Å². The second-order valence-electron chi connectivity index (χ2n) is 11.5. The van der Waals surface area contributed by atoms with Crippen molar-refractivity contribution in [3.8, 4) is 5.75 Å². The largest absolute Gasteiger partial charge is 0.380 e. The molecule has 0 spiro atoms. The van der Waals surface area contributed by atoms with Gasteiger partial charge in [0.15, 0.2) is 0 Å². The van der Waals surface area contributed by atoms with Crippen LogP contribution in [0.1, 0.15) is 83.0 Å². The lowest BCUT2D eigenvalue weighted by Gasteiger charge is -2.49. The minimum absolute atomic E-state index is 0.0665. The van der Waals surface area contributed by atoms with Crippen molar-refractivity contribution in [2.24, 2.45) is 17.0 Å². The maximum absolute atomic E-state index is 13.2. The van der Waals surface area contributed by atoms with Gasteiger partial charge in [0.25, 0.3) is 5.91 Å². The second-order valence-corrected chi connectivity index (χ2v) is 12.6. The van der Waals surface area contributed by atoms with E-state index in [-0.39, 0.29) is 11.3 Å². The van der Waals surface area contributed by atoms with E-state index < -0.39 is 10.3 Å². The number of hydrogen-bond acceptors (Lipinski definition) is 6. The Hall–Kier alpha value is -3.24. The molecule has 1 aromatic carbocycles. The molecular formula is C29H35N5O4S. The van der Waals surface area contributed by atoms with Gasteiger partial charge < -0.3 is 9.50 Å². The quantitative estimate of drug-likeness (QED) is 0.412. The zero-order valence-corrected chi connectivity index (χ0v) is 23.2. The summed E-state index contributed by atoms with van der Waals surface area (Å²) in [5, 5.41) is 16.0. The number of aryl methyl sites for hydroxylation is 2. The second kappa shape index (κ2) is 9.75. The summed E-state index contributed by atoms with van der Waals surface area (Å²) in [6.07, 6.45) is 9.69. The summed E-state index contributed by atoms with van der Waals surface area (Å²) in [5.74, 6) is 1.52. The third-order valence-corrected chi connectivity index (χ3v) is 9.78. The number of aromatic nitrogens is 3. The van der Waals surface area contributed by atoms with Gasteiger partial charge in [0.1, 0.15) is 11.4 Å². The summed E-state index contributed by atoms with van der Waals surface area (Å²) in [4.78, 5) is 17.3. The zero-order chi connectivity index (χ0) is 27.4. The fraction of sp³-hybridized carbons (Fsp3) is 0.483. The Morgan fingerprint density at radius 2 is 2.15 bits per heavy atom. The van der Waals surface area contributed by atoms with Crippen LogP contribution in [-0.2, 0) is 41.4 Å². The Labute approximate surface area is 229 Å². The molecule has 1 amide bonds. The lowest BCUT2D eigenvalue weighted by atomic mass is 9.55. The number of pyridine rings is 1. The Morgan fingerprint density at radius 3 is 2.90 bits per heavy atom. The number of hydrogen-bond donors (Lipinski definition) is 3. The number of carbonyl (C=O) groups is 1. The topological polar surface area (TPSA) is 140 Å². The number of H-pyrrole nitrogens is 1. The van der Waals surface area contributed by atoms with E-state index in [0.29, 0.717) is 42.2 Å². The highest BCUT2D eigenvalue weighted by molar-refractivity contribution is 7.84. The summed E-state index contributed by atoms with van der Waals surface area (Å²) < 4.78 is 28.4. The molecule has 0 radical (unpaired) electrons. The smallest absolute Gasteiger partial charge is 0.371 e. The number of nitrogens with two attached hydrogens (primary N) is 1. The molecule has 9 nitrogen and oxygen atoms in total. The number of rotatable bonds is 7. The summed E-state index contributed by atoms with van der Waals surface area (Å²) in [5.41, 5.74) is 7.07. The van der Waals surface area contributed by atoms with E-state index in [2.05, 4.69) is 28.4 Å². The number of aromatic amines is 1. The predicted molar refractivity (Wildman–Crippen MR) is 147 cm³/mol. The molecule has 39 heavy (non-hydrogen) atoms. The zero-order valence-electron chi connectivity index (χ0n) is 22.4. The van der Waals surface area contributed by atoms with Crippen LogP contribution in [0.25, 0.3) is 0 Å². The van der Waals surface area contributed by atoms with Crippen molar-refractivity contribution in [3.63, 3.8) is 0 Å². The highest BCUT2D eigenvalue weighted by Crippen LogP contribution is 2.60. The molecule has 6 rings (SSSR count). The van der Waals surface area contributed by atoms with E-state index >= 15 is 0 Å². The van der Waals surface area contributed by atoms with Crippen molar-refractivity contribution >= 4 is 16.2 Å². The molecule has 3 aromatic rings. The molecule has 2 heterocycles. The highest BCUT2D eigenvalue weighted by atomic mass is 32.2. The van der Waals surface area contributed by atoms with Crippen LogP contribution in [0.15, 0.2) is 36.7 Å². The highest BCUT2D eigenvalue weighted by Gasteiger charge is 2.55. The molecule has 4 N–H and O–H groups in total. The van der Waals surface area contributed by atoms with Gasteiger partial charge >= 0.3 is 10.3 Å². The lowest BCUT2D eigenvalue weighted by Crippen LogP contribution is -2.43. The molecule has 10 heteroatoms. The fourth-order valence-corrected chi connectivity index (χ4v) is 7.92. The van der Waals surface area contributed by atoms with Crippen molar-refractivity contribution in [1.82, 2.24) is 20.5 Å². The predicted octanol–water partition coefficient (Wildman–Crippen LogP) is 3.49. The standard InChI is InChI=1S/C29H35N5O4S/c1-3-18-13-22-19(14-25(18)38-39(30,36)37)6-7-21-20(22)8-10-29(2)24(21)15-23-26(33-34-27(23)29)28(35)32-12-9-17-5-4-11-31-16-17/h4-5,11,13-14,16,20-21,24H,3,6-10,12,15H2,1-2H3,(H,32,35)(H,33,34)(H2,30,36,37). The molecule has 1 saturated carbocycles. The third-order valence-electron chi connectivity index (χ3n) is 9.36. The van der Waals surface area contributed by atoms with E-state index in [0.717, 1.165) is 66.5 Å². The Kier molecular flexibility index (Phi) is 6.50. The molecule has 3 aliphatic rings. The van der Waals surface area contributed by atoms with E-state index in [9.17, 15) is 13.2 Å². The maximum atomic E-state index is 13.2. The molecule has 2 aromatic heterocycles. The number of fused-ring (bicyclic) bond motifs is 7. The molecular weight excluding hydrogens is 514 g/mol. The van der Waals surface area contributed by atoms with E-state index in [4.69, 9.17) is 14.4 Å². The Balaban J connectivity index is 1.22. The van der Waals surface area contributed by atoms with Gasteiger partial charge in [-0.15, -0.1) is 0 Å². The van der Waals surface area contributed by atoms with Crippen molar-refractivity contribution in [2.75, 3.05) is 6.54 Å². The van der Waals surface area contributed by atoms with Gasteiger partial charge in [-0.25, -0.2) is 0 Å². The van der Waals surface area contributed by atoms with Crippen molar-refractivity contribution < 1.29 is 17.4 Å². The molecule has 1 fully saturated rings. The van der Waals surface area contributed by atoms with Crippen LogP contribution in [0, 0.1) is 11.8 Å². The van der Waals surface area contributed by atoms with Gasteiger partial charge in [-0.2, -0.15) is 18.7 Å². The average Bonchev–Trinajstić information content (AvgIpc) is 3.46. The van der Waals surface area contributed by atoms with E-state index in [1.165, 1.54) is 5.56 Å². The van der Waals surface area contributed by atoms with Crippen molar-refractivity contribution in [2.45, 2.75) is 70.1 Å². The molecule has 4 atom stereocenters. The molecule has 206 valence electrons. The number of carbonyl (C=O) groups excluding carboxylic acids is 1. The summed E-state index contributed by atoms with van der Waals surface area (Å²) >= 11 is 0. The van der Waals surface area contributed by atoms with Crippen LogP contribution in [0.4, 0.5) is 0 Å². The summed E-state index contributed by atoms with van der Waals surface area (Å²) in [6, 6.07) is 7.94. The molecule has 0 saturated heterocycles. The minimum Gasteiger partial charge on any atom is -0.371 e. The van der Waals surface area contributed by atoms with Crippen LogP contribution in [0.2, 0.25) is 0 Å². The first-order valence-electron chi connectivity index (χ1n) is 13.8. The van der Waals surface area contributed by atoms with Gasteiger partial charge in [-0.1, -0.05) is 26.0 Å². The van der Waals surface area contributed by atoms with Gasteiger partial charge in [0.05, 0.1) is 5.69 Å². The van der Waals surface area contributed by atoms with Crippen LogP contribution < -0.4 is 14.6 Å². The monoisotopic (exact) mass is 549 g/mol. The summed E-state index contributed by atoms with van der Waals surface area (Å²) in [6.45, 7) is 4.85. The molecule has 0 bridgehead atoms. The summed E-state index contributed by atoms with van der Waals surface area (Å²) in [7, 11) is -4.08. The van der Waals surface area contributed by atoms with Gasteiger partial charge in [0.2, 0.25) is 0 Å². The van der Waals surface area contributed by atoms with Gasteiger partial charge in [-0.05, 0) is 97.1 Å². The van der Waals surface area contributed by atoms with Gasteiger partial charge in [-0.3, -0.25) is 14.9 Å². The lowest BCUT2D eigenvalue weighted by molar-refractivity contribution is 0.0940. The van der Waals surface area contributed by atoms with Crippen LogP contribution >= 0.6 is 0 Å². The first kappa shape index (κ1) is 26.0. The van der Waals surface area contributed by atoms with E-state index in [1.54, 1.807) is 6.20 Å². The molecule has 4 unspecified atom stereocenters. The first-order valence-corrected chi connectivity index (χ1v) is 15.3. The van der Waals surface area contributed by atoms with Crippen LogP contribution in [-0.4, -0.2) is 36.1 Å². The van der Waals surface area contributed by atoms with E-state index in [1.807, 2.05) is 31.3 Å². The SMILES string of the molecule is CCc1cc2c(cc1OS(N)(=O)=O)CCC1C2CCC2(C)c3n[nH]c(C(=O)NCCc4cccnc4)c3CC12. The van der Waals surface area contributed by atoms with Crippen molar-refractivity contribution in [1.29, 1.82) is 0 Å². The maximum Gasteiger partial charge on any atom is 0.380 e. The number of nitrogens with zero attached hydrogens (tertiary/aromatic N) is 2. The fourth-order valence-electron chi connectivity index (χ4n) is 7.51. The number of amides is 1. The van der Waals surface area contributed by atoms with Crippen LogP contribution in [0.3, 0.4) is 0 Å². The Morgan fingerprint density at radius 1 is 1.31 bits per heavy atom. The number of benzene rings is 1. The minimum atomic E-state index is -4.08. The Bertz CT molecular complexity index is 1520. The normalized spacial score (nSPS) is 25.3. The molecule has 0 aliphatic heterocycles.